The second-order valence-corrected chi connectivity index (χ2v) is 7.89. The van der Waals surface area contributed by atoms with Gasteiger partial charge in [0.2, 0.25) is 0 Å². The number of hydrogen-bond acceptors (Lipinski definition) is 2. The lowest BCUT2D eigenvalue weighted by Gasteiger charge is -2.43. The minimum Gasteiger partial charge on any atom is -0.375 e. The van der Waals surface area contributed by atoms with E-state index in [0.717, 1.165) is 26.0 Å². The number of ether oxygens (including phenoxy) is 1. The molecule has 1 aliphatic carbocycles. The molecule has 1 spiro atoms. The van der Waals surface area contributed by atoms with Crippen molar-refractivity contribution in [3.63, 3.8) is 0 Å². The summed E-state index contributed by atoms with van der Waals surface area (Å²) in [5.41, 5.74) is 0.243. The molecule has 1 saturated carbocycles. The normalized spacial score (nSPS) is 32.1. The molecule has 17 heavy (non-hydrogen) atoms. The smallest absolute Gasteiger partial charge is 0.0695 e. The second-order valence-electron chi connectivity index (χ2n) is 5.60. The van der Waals surface area contributed by atoms with Gasteiger partial charge in [-0.15, -0.1) is 0 Å². The third kappa shape index (κ3) is 3.84. The van der Waals surface area contributed by atoms with Crippen LogP contribution in [0.4, 0.5) is 0 Å². The molecule has 2 rings (SSSR count). The zero-order chi connectivity index (χ0) is 12.2. The Kier molecular flexibility index (Phi) is 5.19. The summed E-state index contributed by atoms with van der Waals surface area (Å²) in [7, 11) is 5.49. The molecular formula is C13H23BINO. The molecule has 2 nitrogen and oxygen atoms in total. The van der Waals surface area contributed by atoms with Crippen molar-refractivity contribution in [3.05, 3.63) is 0 Å². The fraction of sp³-hybridized carbons (Fsp3) is 1.00. The van der Waals surface area contributed by atoms with Gasteiger partial charge in [-0.25, -0.2) is 0 Å². The van der Waals surface area contributed by atoms with Crippen molar-refractivity contribution in [3.8, 4) is 0 Å². The molecule has 96 valence electrons. The SMILES string of the molecule is [B]CCNCCC1(I)CCOC2(CCCC2)C1. The van der Waals surface area contributed by atoms with E-state index in [9.17, 15) is 0 Å². The third-order valence-corrected chi connectivity index (χ3v) is 5.64. The van der Waals surface area contributed by atoms with E-state index >= 15 is 0 Å². The van der Waals surface area contributed by atoms with Gasteiger partial charge in [-0.1, -0.05) is 41.8 Å². The van der Waals surface area contributed by atoms with E-state index in [0.29, 0.717) is 3.42 Å². The highest BCUT2D eigenvalue weighted by molar-refractivity contribution is 14.1. The van der Waals surface area contributed by atoms with Crippen LogP contribution in [0.15, 0.2) is 0 Å². The van der Waals surface area contributed by atoms with Crippen molar-refractivity contribution in [2.75, 3.05) is 19.7 Å². The van der Waals surface area contributed by atoms with Gasteiger partial charge in [-0.3, -0.25) is 0 Å². The first-order valence-electron chi connectivity index (χ1n) is 6.92. The van der Waals surface area contributed by atoms with Gasteiger partial charge >= 0.3 is 0 Å². The summed E-state index contributed by atoms with van der Waals surface area (Å²) in [5.74, 6) is 0. The fourth-order valence-corrected chi connectivity index (χ4v) is 4.45. The predicted octanol–water partition coefficient (Wildman–Crippen LogP) is 2.85. The zero-order valence-electron chi connectivity index (χ0n) is 10.6. The molecule has 1 heterocycles. The number of halogens is 1. The lowest BCUT2D eigenvalue weighted by atomic mass is 9.83. The maximum atomic E-state index is 6.10. The second kappa shape index (κ2) is 6.24. The molecule has 0 amide bonds. The highest BCUT2D eigenvalue weighted by Crippen LogP contribution is 2.48. The number of rotatable bonds is 5. The first kappa shape index (κ1) is 14.1. The van der Waals surface area contributed by atoms with E-state index in [1.165, 1.54) is 44.9 Å². The van der Waals surface area contributed by atoms with E-state index in [1.54, 1.807) is 0 Å². The molecule has 4 heteroatoms. The summed E-state index contributed by atoms with van der Waals surface area (Å²) < 4.78 is 6.55. The topological polar surface area (TPSA) is 21.3 Å². The summed E-state index contributed by atoms with van der Waals surface area (Å²) in [6, 6.07) is 0. The van der Waals surface area contributed by atoms with Crippen LogP contribution in [0, 0.1) is 0 Å². The van der Waals surface area contributed by atoms with Crippen molar-refractivity contribution in [2.45, 2.75) is 60.3 Å². The van der Waals surface area contributed by atoms with Crippen LogP contribution in [0.1, 0.15) is 44.9 Å². The summed E-state index contributed by atoms with van der Waals surface area (Å²) in [5, 5.41) is 3.42. The number of alkyl halides is 1. The molecule has 0 bridgehead atoms. The van der Waals surface area contributed by atoms with Crippen molar-refractivity contribution >= 4 is 30.4 Å². The number of hydrogen-bond donors (Lipinski definition) is 1. The van der Waals surface area contributed by atoms with Gasteiger partial charge in [0.25, 0.3) is 0 Å². The predicted molar refractivity (Wildman–Crippen MR) is 81.2 cm³/mol. The molecule has 1 atom stereocenters. The Balaban J connectivity index is 1.82. The molecule has 0 aromatic heterocycles. The van der Waals surface area contributed by atoms with Crippen LogP contribution in [0.5, 0.6) is 0 Å². The van der Waals surface area contributed by atoms with Crippen LogP contribution in [0.3, 0.4) is 0 Å². The molecule has 2 aliphatic rings. The molecule has 1 unspecified atom stereocenters. The molecule has 1 aliphatic heterocycles. The Bertz CT molecular complexity index is 246. The van der Waals surface area contributed by atoms with Gasteiger partial charge in [0.05, 0.1) is 13.4 Å². The van der Waals surface area contributed by atoms with Gasteiger partial charge in [-0.05, 0) is 45.2 Å². The Morgan fingerprint density at radius 1 is 1.18 bits per heavy atom. The molecule has 0 aromatic rings. The Hall–Kier alpha value is 0.715. The quantitative estimate of drug-likeness (QED) is 0.358. The molecule has 1 saturated heterocycles. The minimum absolute atomic E-state index is 0.243. The lowest BCUT2D eigenvalue weighted by Crippen LogP contribution is -2.45. The maximum absolute atomic E-state index is 6.10. The minimum atomic E-state index is 0.243. The van der Waals surface area contributed by atoms with Gasteiger partial charge in [0.15, 0.2) is 0 Å². The largest absolute Gasteiger partial charge is 0.375 e. The van der Waals surface area contributed by atoms with Gasteiger partial charge in [0, 0.05) is 10.0 Å². The van der Waals surface area contributed by atoms with Crippen molar-refractivity contribution in [1.82, 2.24) is 5.32 Å². The van der Waals surface area contributed by atoms with Crippen LogP contribution >= 0.6 is 22.6 Å². The van der Waals surface area contributed by atoms with Crippen LogP contribution in [0.2, 0.25) is 6.32 Å². The summed E-state index contributed by atoms with van der Waals surface area (Å²) in [6.07, 6.45) is 9.74. The van der Waals surface area contributed by atoms with Crippen molar-refractivity contribution < 1.29 is 4.74 Å². The van der Waals surface area contributed by atoms with E-state index < -0.39 is 0 Å². The fourth-order valence-electron chi connectivity index (χ4n) is 3.26. The van der Waals surface area contributed by atoms with E-state index in [-0.39, 0.29) is 5.60 Å². The Morgan fingerprint density at radius 3 is 2.65 bits per heavy atom. The van der Waals surface area contributed by atoms with Crippen molar-refractivity contribution in [1.29, 1.82) is 0 Å². The Morgan fingerprint density at radius 2 is 1.94 bits per heavy atom. The molecule has 1 N–H and O–H groups in total. The highest BCUT2D eigenvalue weighted by atomic mass is 127. The van der Waals surface area contributed by atoms with Crippen LogP contribution in [-0.2, 0) is 4.74 Å². The molecular weight excluding hydrogens is 324 g/mol. The maximum Gasteiger partial charge on any atom is 0.0695 e. The standard InChI is InChI=1S/C13H23BINO/c14-7-9-16-8-5-12(15)6-10-17-13(11-12)3-1-2-4-13/h16H,1-11H2. The van der Waals surface area contributed by atoms with Crippen molar-refractivity contribution in [2.24, 2.45) is 0 Å². The molecule has 0 aromatic carbocycles. The first-order valence-corrected chi connectivity index (χ1v) is 8.00. The lowest BCUT2D eigenvalue weighted by molar-refractivity contribution is -0.0831. The van der Waals surface area contributed by atoms with Gasteiger partial charge < -0.3 is 10.1 Å². The van der Waals surface area contributed by atoms with Crippen LogP contribution < -0.4 is 5.32 Å². The molecule has 2 radical (unpaired) electrons. The third-order valence-electron chi connectivity index (χ3n) is 4.18. The van der Waals surface area contributed by atoms with E-state index in [1.807, 2.05) is 0 Å². The summed E-state index contributed by atoms with van der Waals surface area (Å²) >= 11 is 2.69. The first-order chi connectivity index (χ1) is 8.18. The Labute approximate surface area is 120 Å². The average Bonchev–Trinajstić information content (AvgIpc) is 2.72. The van der Waals surface area contributed by atoms with Gasteiger partial charge in [0.1, 0.15) is 0 Å². The van der Waals surface area contributed by atoms with E-state index in [2.05, 4.69) is 27.9 Å². The van der Waals surface area contributed by atoms with E-state index in [4.69, 9.17) is 12.6 Å². The zero-order valence-corrected chi connectivity index (χ0v) is 12.8. The number of nitrogens with one attached hydrogen (secondary N) is 1. The van der Waals surface area contributed by atoms with Gasteiger partial charge in [-0.2, -0.15) is 0 Å². The summed E-state index contributed by atoms with van der Waals surface area (Å²) in [4.78, 5) is 0. The molecule has 2 fully saturated rings. The average molecular weight is 347 g/mol. The van der Waals surface area contributed by atoms with Crippen LogP contribution in [-0.4, -0.2) is 36.6 Å². The monoisotopic (exact) mass is 347 g/mol. The summed E-state index contributed by atoms with van der Waals surface area (Å²) in [6.45, 7) is 2.99. The highest BCUT2D eigenvalue weighted by Gasteiger charge is 2.45. The van der Waals surface area contributed by atoms with Crippen LogP contribution in [0.25, 0.3) is 0 Å².